The lowest BCUT2D eigenvalue weighted by molar-refractivity contribution is 0.163. The van der Waals surface area contributed by atoms with Crippen molar-refractivity contribution in [3.63, 3.8) is 0 Å². The van der Waals surface area contributed by atoms with Crippen LogP contribution >= 0.6 is 12.4 Å². The smallest absolute Gasteiger partial charge is 0.415 e. The van der Waals surface area contributed by atoms with E-state index in [0.717, 1.165) is 10.8 Å². The van der Waals surface area contributed by atoms with E-state index in [1.165, 1.54) is 24.1 Å². The van der Waals surface area contributed by atoms with Crippen LogP contribution in [0.1, 0.15) is 0 Å². The molecule has 5 rings (SSSR count). The van der Waals surface area contributed by atoms with Crippen molar-refractivity contribution in [2.24, 2.45) is 0 Å². The molecule has 43 heavy (non-hydrogen) atoms. The Morgan fingerprint density at radius 3 is 2.23 bits per heavy atom. The van der Waals surface area contributed by atoms with Gasteiger partial charge in [-0.25, -0.2) is 13.2 Å². The fraction of sp³-hybridized carbons (Fsp3) is 0.156. The molecule has 0 spiro atoms. The Morgan fingerprint density at radius 1 is 0.907 bits per heavy atom. The van der Waals surface area contributed by atoms with Crippen LogP contribution in [-0.2, 0) is 10.0 Å². The number of hydrogen-bond acceptors (Lipinski definition) is 7. The molecule has 11 heteroatoms. The summed E-state index contributed by atoms with van der Waals surface area (Å²) in [7, 11) is 0.921. The lowest BCUT2D eigenvalue weighted by Gasteiger charge is -2.21. The minimum Gasteiger partial charge on any atom is -0.507 e. The first-order valence-corrected chi connectivity index (χ1v) is 14.7. The van der Waals surface area contributed by atoms with Crippen LogP contribution in [0, 0.1) is 0 Å². The van der Waals surface area contributed by atoms with Crippen LogP contribution in [0.5, 0.6) is 17.2 Å². The highest BCUT2D eigenvalue weighted by Gasteiger charge is 2.23. The third kappa shape index (κ3) is 6.46. The Hall–Kier alpha value is -4.51. The fourth-order valence-corrected chi connectivity index (χ4v) is 5.82. The summed E-state index contributed by atoms with van der Waals surface area (Å²) in [4.78, 5) is 14.5. The Labute approximate surface area is 256 Å². The van der Waals surface area contributed by atoms with Crippen LogP contribution in [0.25, 0.3) is 32.7 Å². The second kappa shape index (κ2) is 13.2. The van der Waals surface area contributed by atoms with E-state index < -0.39 is 16.1 Å². The number of fused-ring (bicyclic) bond motifs is 2. The molecule has 0 atom stereocenters. The number of carbonyl (C=O) groups is 1. The van der Waals surface area contributed by atoms with Crippen LogP contribution in [0.4, 0.5) is 10.5 Å². The van der Waals surface area contributed by atoms with Crippen molar-refractivity contribution >= 4 is 55.8 Å². The van der Waals surface area contributed by atoms with Gasteiger partial charge in [-0.05, 0) is 54.2 Å². The summed E-state index contributed by atoms with van der Waals surface area (Å²) in [5.41, 5.74) is 1.01. The molecule has 0 bridgehead atoms. The Morgan fingerprint density at radius 2 is 1.56 bits per heavy atom. The average molecular weight is 622 g/mol. The zero-order valence-corrected chi connectivity index (χ0v) is 25.5. The number of phenolic OH excluding ortho intramolecular Hbond substituents is 1. The van der Waals surface area contributed by atoms with Crippen LogP contribution in [0.3, 0.4) is 0 Å². The van der Waals surface area contributed by atoms with E-state index in [0.29, 0.717) is 40.7 Å². The molecule has 9 nitrogen and oxygen atoms in total. The summed E-state index contributed by atoms with van der Waals surface area (Å²) in [5, 5.41) is 17.1. The number of aromatic hydroxyl groups is 1. The van der Waals surface area contributed by atoms with Crippen molar-refractivity contribution in [3.05, 3.63) is 91.0 Å². The highest BCUT2D eigenvalue weighted by molar-refractivity contribution is 7.92. The van der Waals surface area contributed by atoms with Gasteiger partial charge in [-0.1, -0.05) is 54.6 Å². The summed E-state index contributed by atoms with van der Waals surface area (Å²) in [6.07, 6.45) is -0.567. The number of rotatable bonds is 9. The molecule has 5 aromatic rings. The van der Waals surface area contributed by atoms with Crippen LogP contribution in [0.15, 0.2) is 95.9 Å². The number of amides is 1. The van der Waals surface area contributed by atoms with Gasteiger partial charge in [0.1, 0.15) is 17.2 Å². The molecule has 0 fully saturated rings. The number of methoxy groups -OCH3 is 1. The number of ether oxygens (including phenoxy) is 2. The number of nitrogens with zero attached hydrogens (tertiary/aromatic N) is 1. The molecule has 0 aliphatic rings. The predicted octanol–water partition coefficient (Wildman–Crippen LogP) is 6.25. The molecule has 0 aliphatic carbocycles. The molecule has 0 aromatic heterocycles. The number of phenols is 1. The van der Waals surface area contributed by atoms with E-state index >= 15 is 0 Å². The normalized spacial score (nSPS) is 11.1. The zero-order valence-electron chi connectivity index (χ0n) is 23.8. The maximum Gasteiger partial charge on any atom is 0.415 e. The van der Waals surface area contributed by atoms with Gasteiger partial charge in [-0.3, -0.25) is 4.72 Å². The molecule has 5 aromatic carbocycles. The van der Waals surface area contributed by atoms with E-state index in [-0.39, 0.29) is 34.5 Å². The Bertz CT molecular complexity index is 1880. The summed E-state index contributed by atoms with van der Waals surface area (Å²) in [5.74, 6) is 0.681. The van der Waals surface area contributed by atoms with E-state index in [9.17, 15) is 18.3 Å². The second-order valence-corrected chi connectivity index (χ2v) is 11.4. The number of carbonyl (C=O) groups excluding carboxylic acids is 1. The first-order valence-electron chi connectivity index (χ1n) is 13.2. The quantitative estimate of drug-likeness (QED) is 0.167. The molecule has 224 valence electrons. The minimum atomic E-state index is -4.02. The summed E-state index contributed by atoms with van der Waals surface area (Å²) < 4.78 is 40.7. The highest BCUT2D eigenvalue weighted by Crippen LogP contribution is 2.46. The third-order valence-corrected chi connectivity index (χ3v) is 8.38. The molecular weight excluding hydrogens is 590 g/mol. The number of likely N-dealkylation sites (N-methyl/N-ethyl adjacent to an activating group) is 2. The molecular formula is C32H32ClN3O6S. The first-order chi connectivity index (χ1) is 20.2. The van der Waals surface area contributed by atoms with Gasteiger partial charge < -0.3 is 24.8 Å². The third-order valence-electron chi connectivity index (χ3n) is 7.00. The van der Waals surface area contributed by atoms with Crippen molar-refractivity contribution in [1.29, 1.82) is 0 Å². The fourth-order valence-electron chi connectivity index (χ4n) is 4.75. The lowest BCUT2D eigenvalue weighted by Crippen LogP contribution is -2.34. The molecule has 0 aliphatic heterocycles. The van der Waals surface area contributed by atoms with Gasteiger partial charge in [-0.2, -0.15) is 0 Å². The molecule has 0 saturated heterocycles. The standard InChI is InChI=1S/C32H31N3O6S.ClH/c1-33-18-19-35(2)32(37)41-29-17-12-21-8-4-5-9-24(21)30(29)27-20-28(25-10-6-7-11-26(25)31(27)36)34-42(38,39)23-15-13-22(40-3)14-16-23;/h4-17,20,33-34,36H,18-19H2,1-3H3;1H. The second-order valence-electron chi connectivity index (χ2n) is 9.70. The number of halogens is 1. The van der Waals surface area contributed by atoms with E-state index in [1.807, 2.05) is 30.3 Å². The number of nitrogens with one attached hydrogen (secondary N) is 2. The van der Waals surface area contributed by atoms with Crippen LogP contribution in [0.2, 0.25) is 0 Å². The Kier molecular flexibility index (Phi) is 9.65. The van der Waals surface area contributed by atoms with E-state index in [4.69, 9.17) is 9.47 Å². The summed E-state index contributed by atoms with van der Waals surface area (Å²) in [6, 6.07) is 25.6. The van der Waals surface area contributed by atoms with Gasteiger partial charge in [0.25, 0.3) is 10.0 Å². The van der Waals surface area contributed by atoms with E-state index in [2.05, 4.69) is 10.0 Å². The number of benzene rings is 5. The Balaban J connectivity index is 0.00000423. The highest BCUT2D eigenvalue weighted by atomic mass is 35.5. The minimum absolute atomic E-state index is 0. The number of hydrogen-bond donors (Lipinski definition) is 3. The molecule has 3 N–H and O–H groups in total. The largest absolute Gasteiger partial charge is 0.507 e. The monoisotopic (exact) mass is 621 g/mol. The molecule has 1 amide bonds. The molecule has 0 heterocycles. The van der Waals surface area contributed by atoms with Gasteiger partial charge in [0, 0.05) is 42.0 Å². The predicted molar refractivity (Wildman–Crippen MR) is 172 cm³/mol. The first kappa shape index (κ1) is 31.4. The van der Waals surface area contributed by atoms with Gasteiger partial charge in [0.15, 0.2) is 0 Å². The lowest BCUT2D eigenvalue weighted by atomic mass is 9.93. The maximum absolute atomic E-state index is 13.5. The van der Waals surface area contributed by atoms with Gasteiger partial charge in [0.05, 0.1) is 17.7 Å². The zero-order chi connectivity index (χ0) is 29.9. The summed E-state index contributed by atoms with van der Waals surface area (Å²) >= 11 is 0. The SMILES string of the molecule is CNCCN(C)C(=O)Oc1ccc2ccccc2c1-c1cc(NS(=O)(=O)c2ccc(OC)cc2)c2ccccc2c1O.Cl. The summed E-state index contributed by atoms with van der Waals surface area (Å²) in [6.45, 7) is 1.01. The van der Waals surface area contributed by atoms with Gasteiger partial charge in [0.2, 0.25) is 0 Å². The maximum atomic E-state index is 13.5. The molecule has 0 radical (unpaired) electrons. The van der Waals surface area contributed by atoms with Crippen molar-refractivity contribution in [2.75, 3.05) is 39.0 Å². The van der Waals surface area contributed by atoms with Gasteiger partial charge in [-0.15, -0.1) is 12.4 Å². The van der Waals surface area contributed by atoms with Crippen LogP contribution in [-0.4, -0.2) is 58.8 Å². The number of anilines is 1. The topological polar surface area (TPSA) is 117 Å². The van der Waals surface area contributed by atoms with Crippen molar-refractivity contribution < 1.29 is 27.8 Å². The van der Waals surface area contributed by atoms with Crippen molar-refractivity contribution in [3.8, 4) is 28.4 Å². The average Bonchev–Trinajstić information content (AvgIpc) is 3.01. The molecule has 0 unspecified atom stereocenters. The van der Waals surface area contributed by atoms with Crippen LogP contribution < -0.4 is 19.5 Å². The number of sulfonamides is 1. The van der Waals surface area contributed by atoms with E-state index in [1.54, 1.807) is 62.6 Å². The van der Waals surface area contributed by atoms with Gasteiger partial charge >= 0.3 is 6.09 Å². The van der Waals surface area contributed by atoms with Crippen molar-refractivity contribution in [2.45, 2.75) is 4.90 Å². The van der Waals surface area contributed by atoms with Crippen molar-refractivity contribution in [1.82, 2.24) is 10.2 Å². The molecule has 0 saturated carbocycles.